The van der Waals surface area contributed by atoms with Gasteiger partial charge in [0.05, 0.1) is 24.7 Å². The van der Waals surface area contributed by atoms with E-state index in [0.717, 1.165) is 0 Å². The van der Waals surface area contributed by atoms with Crippen molar-refractivity contribution in [2.75, 3.05) is 32.6 Å². The van der Waals surface area contributed by atoms with E-state index in [0.29, 0.717) is 24.5 Å². The molecule has 0 aliphatic heterocycles. The van der Waals surface area contributed by atoms with Crippen molar-refractivity contribution in [2.45, 2.75) is 18.7 Å². The Morgan fingerprint density at radius 2 is 1.74 bits per heavy atom. The number of rotatable bonds is 8. The molecule has 0 unspecified atom stereocenters. The second-order valence-corrected chi connectivity index (χ2v) is 7.58. The Labute approximate surface area is 160 Å². The van der Waals surface area contributed by atoms with Crippen molar-refractivity contribution in [3.8, 4) is 11.5 Å². The van der Waals surface area contributed by atoms with Crippen LogP contribution < -0.4 is 14.8 Å². The second-order valence-electron chi connectivity index (χ2n) is 5.64. The zero-order chi connectivity index (χ0) is 20.0. The van der Waals surface area contributed by atoms with Crippen LogP contribution in [-0.2, 0) is 10.0 Å². The number of ether oxygens (including phenoxy) is 2. The molecule has 0 aliphatic rings. The highest BCUT2D eigenvalue weighted by Crippen LogP contribution is 2.26. The standard InChI is InChI=1S/C19H24N2O5S/c1-5-21(6-2)27(23,24)16-10-11-18(26-4)17(13-16)19(22)20-14-8-7-9-15(12-14)25-3/h7-13H,5-6H2,1-4H3,(H,20,22). The van der Waals surface area contributed by atoms with Crippen molar-refractivity contribution in [3.63, 3.8) is 0 Å². The van der Waals surface area contributed by atoms with Crippen LogP contribution in [0.4, 0.5) is 5.69 Å². The molecular formula is C19H24N2O5S. The number of sulfonamides is 1. The molecule has 8 heteroatoms. The molecule has 0 saturated heterocycles. The number of anilines is 1. The first kappa shape index (κ1) is 20.7. The maximum absolute atomic E-state index is 12.7. The highest BCUT2D eigenvalue weighted by atomic mass is 32.2. The maximum atomic E-state index is 12.7. The van der Waals surface area contributed by atoms with Gasteiger partial charge in [-0.05, 0) is 30.3 Å². The lowest BCUT2D eigenvalue weighted by atomic mass is 10.2. The minimum Gasteiger partial charge on any atom is -0.497 e. The van der Waals surface area contributed by atoms with Crippen molar-refractivity contribution in [1.29, 1.82) is 0 Å². The zero-order valence-corrected chi connectivity index (χ0v) is 16.7. The van der Waals surface area contributed by atoms with E-state index >= 15 is 0 Å². The molecule has 0 radical (unpaired) electrons. The van der Waals surface area contributed by atoms with Crippen LogP contribution in [0.3, 0.4) is 0 Å². The van der Waals surface area contributed by atoms with Gasteiger partial charge >= 0.3 is 0 Å². The molecule has 1 N–H and O–H groups in total. The summed E-state index contributed by atoms with van der Waals surface area (Å²) in [5, 5.41) is 2.74. The first-order valence-corrected chi connectivity index (χ1v) is 9.95. The number of hydrogen-bond acceptors (Lipinski definition) is 5. The van der Waals surface area contributed by atoms with Crippen LogP contribution in [0.1, 0.15) is 24.2 Å². The van der Waals surface area contributed by atoms with Crippen molar-refractivity contribution in [2.24, 2.45) is 0 Å². The first-order chi connectivity index (χ1) is 12.9. The topological polar surface area (TPSA) is 84.9 Å². The summed E-state index contributed by atoms with van der Waals surface area (Å²) in [5.41, 5.74) is 0.659. The maximum Gasteiger partial charge on any atom is 0.259 e. The molecular weight excluding hydrogens is 368 g/mol. The average Bonchev–Trinajstić information content (AvgIpc) is 2.68. The third kappa shape index (κ3) is 4.58. The van der Waals surface area contributed by atoms with E-state index in [9.17, 15) is 13.2 Å². The summed E-state index contributed by atoms with van der Waals surface area (Å²) in [7, 11) is -0.728. The van der Waals surface area contributed by atoms with Crippen LogP contribution in [0, 0.1) is 0 Å². The van der Waals surface area contributed by atoms with Crippen molar-refractivity contribution >= 4 is 21.6 Å². The van der Waals surface area contributed by atoms with Gasteiger partial charge in [0.15, 0.2) is 0 Å². The fourth-order valence-electron chi connectivity index (χ4n) is 2.64. The van der Waals surface area contributed by atoms with Crippen LogP contribution in [0.25, 0.3) is 0 Å². The predicted molar refractivity (Wildman–Crippen MR) is 104 cm³/mol. The summed E-state index contributed by atoms with van der Waals surface area (Å²) < 4.78 is 37.2. The minimum atomic E-state index is -3.69. The van der Waals surface area contributed by atoms with Crippen LogP contribution >= 0.6 is 0 Å². The van der Waals surface area contributed by atoms with Gasteiger partial charge in [0.2, 0.25) is 10.0 Å². The normalized spacial score (nSPS) is 11.3. The smallest absolute Gasteiger partial charge is 0.259 e. The zero-order valence-electron chi connectivity index (χ0n) is 15.9. The van der Waals surface area contributed by atoms with Gasteiger partial charge in [-0.25, -0.2) is 8.42 Å². The highest BCUT2D eigenvalue weighted by Gasteiger charge is 2.24. The summed E-state index contributed by atoms with van der Waals surface area (Å²) in [5.74, 6) is 0.406. The first-order valence-electron chi connectivity index (χ1n) is 8.50. The van der Waals surface area contributed by atoms with E-state index < -0.39 is 15.9 Å². The van der Waals surface area contributed by atoms with Gasteiger partial charge in [-0.3, -0.25) is 4.79 Å². The van der Waals surface area contributed by atoms with E-state index in [4.69, 9.17) is 9.47 Å². The van der Waals surface area contributed by atoms with Gasteiger partial charge in [-0.15, -0.1) is 0 Å². The third-order valence-electron chi connectivity index (χ3n) is 4.09. The van der Waals surface area contributed by atoms with Crippen LogP contribution in [0.15, 0.2) is 47.4 Å². The Balaban J connectivity index is 2.41. The fraction of sp³-hybridized carbons (Fsp3) is 0.316. The molecule has 2 aromatic carbocycles. The van der Waals surface area contributed by atoms with Gasteiger partial charge in [-0.2, -0.15) is 4.31 Å². The predicted octanol–water partition coefficient (Wildman–Crippen LogP) is 2.99. The molecule has 7 nitrogen and oxygen atoms in total. The fourth-order valence-corrected chi connectivity index (χ4v) is 4.12. The highest BCUT2D eigenvalue weighted by molar-refractivity contribution is 7.89. The van der Waals surface area contributed by atoms with Gasteiger partial charge in [0.1, 0.15) is 11.5 Å². The van der Waals surface area contributed by atoms with E-state index in [1.807, 2.05) is 0 Å². The number of hydrogen-bond donors (Lipinski definition) is 1. The quantitative estimate of drug-likeness (QED) is 0.746. The number of methoxy groups -OCH3 is 2. The molecule has 2 aromatic rings. The summed E-state index contributed by atoms with van der Waals surface area (Å²) in [6, 6.07) is 11.1. The SMILES string of the molecule is CCN(CC)S(=O)(=O)c1ccc(OC)c(C(=O)Nc2cccc(OC)c2)c1. The molecule has 27 heavy (non-hydrogen) atoms. The number of nitrogens with one attached hydrogen (secondary N) is 1. The van der Waals surface area contributed by atoms with Gasteiger partial charge < -0.3 is 14.8 Å². The van der Waals surface area contributed by atoms with Crippen molar-refractivity contribution in [1.82, 2.24) is 4.31 Å². The Morgan fingerprint density at radius 3 is 2.33 bits per heavy atom. The van der Waals surface area contributed by atoms with Crippen molar-refractivity contribution in [3.05, 3.63) is 48.0 Å². The number of carbonyl (C=O) groups excluding carboxylic acids is 1. The molecule has 0 aliphatic carbocycles. The summed E-state index contributed by atoms with van der Waals surface area (Å²) in [6.07, 6.45) is 0. The van der Waals surface area contributed by atoms with Crippen LogP contribution in [-0.4, -0.2) is 45.9 Å². The summed E-state index contributed by atoms with van der Waals surface area (Å²) in [6.45, 7) is 4.22. The molecule has 1 amide bonds. The molecule has 0 saturated carbocycles. The number of benzene rings is 2. The van der Waals surface area contributed by atoms with Crippen molar-refractivity contribution < 1.29 is 22.7 Å². The number of amides is 1. The number of carbonyl (C=O) groups is 1. The Morgan fingerprint density at radius 1 is 1.04 bits per heavy atom. The largest absolute Gasteiger partial charge is 0.497 e. The Kier molecular flexibility index (Phi) is 6.81. The Hall–Kier alpha value is -2.58. The van der Waals surface area contributed by atoms with E-state index in [2.05, 4.69) is 5.32 Å². The lowest BCUT2D eigenvalue weighted by Gasteiger charge is -2.19. The number of nitrogens with zero attached hydrogens (tertiary/aromatic N) is 1. The lowest BCUT2D eigenvalue weighted by molar-refractivity contribution is 0.102. The van der Waals surface area contributed by atoms with Gasteiger partial charge in [0.25, 0.3) is 5.91 Å². The molecule has 146 valence electrons. The molecule has 0 heterocycles. The molecule has 0 aromatic heterocycles. The van der Waals surface area contributed by atoms with E-state index in [-0.39, 0.29) is 16.2 Å². The van der Waals surface area contributed by atoms with Crippen LogP contribution in [0.2, 0.25) is 0 Å². The monoisotopic (exact) mass is 392 g/mol. The molecule has 0 atom stereocenters. The van der Waals surface area contributed by atoms with E-state index in [1.54, 1.807) is 38.1 Å². The molecule has 2 rings (SSSR count). The van der Waals surface area contributed by atoms with E-state index in [1.165, 1.54) is 36.7 Å². The third-order valence-corrected chi connectivity index (χ3v) is 6.13. The van der Waals surface area contributed by atoms with Gasteiger partial charge in [-0.1, -0.05) is 19.9 Å². The molecule has 0 fully saturated rings. The summed E-state index contributed by atoms with van der Waals surface area (Å²) >= 11 is 0. The Bertz CT molecular complexity index is 908. The molecule has 0 spiro atoms. The van der Waals surface area contributed by atoms with Crippen LogP contribution in [0.5, 0.6) is 11.5 Å². The van der Waals surface area contributed by atoms with Gasteiger partial charge in [0, 0.05) is 24.8 Å². The second kappa shape index (κ2) is 8.88. The lowest BCUT2D eigenvalue weighted by Crippen LogP contribution is -2.30. The average molecular weight is 392 g/mol. The minimum absolute atomic E-state index is 0.0443. The molecule has 0 bridgehead atoms. The summed E-state index contributed by atoms with van der Waals surface area (Å²) in [4.78, 5) is 12.8.